The third-order valence-electron chi connectivity index (χ3n) is 6.71. The minimum absolute atomic E-state index is 0.0550. The number of amides is 1. The normalized spacial score (nSPS) is 14.8. The summed E-state index contributed by atoms with van der Waals surface area (Å²) in [7, 11) is 0. The summed E-state index contributed by atoms with van der Waals surface area (Å²) in [5.74, 6) is 1.51. The minimum Gasteiger partial charge on any atom is -0.454 e. The molecule has 3 heterocycles. The fourth-order valence-corrected chi connectivity index (χ4v) is 6.71. The van der Waals surface area contributed by atoms with Crippen molar-refractivity contribution in [3.05, 3.63) is 70.0 Å². The molecule has 0 bridgehead atoms. The van der Waals surface area contributed by atoms with E-state index in [1.165, 1.54) is 41.5 Å². The summed E-state index contributed by atoms with van der Waals surface area (Å²) >= 11 is 2.76. The van der Waals surface area contributed by atoms with Crippen molar-refractivity contribution in [1.29, 1.82) is 0 Å². The lowest BCUT2D eigenvalue weighted by molar-refractivity contribution is -0.118. The molecule has 7 nitrogen and oxygen atoms in total. The van der Waals surface area contributed by atoms with Gasteiger partial charge < -0.3 is 14.8 Å². The number of aromatic nitrogens is 2. The number of nitrogens with zero attached hydrogens (tertiary/aromatic N) is 2. The molecule has 2 aromatic heterocycles. The summed E-state index contributed by atoms with van der Waals surface area (Å²) in [5.41, 5.74) is 2.93. The van der Waals surface area contributed by atoms with Gasteiger partial charge in [0.25, 0.3) is 5.56 Å². The maximum atomic E-state index is 13.7. The fourth-order valence-electron chi connectivity index (χ4n) is 4.80. The Morgan fingerprint density at radius 1 is 1.14 bits per heavy atom. The summed E-state index contributed by atoms with van der Waals surface area (Å²) in [4.78, 5) is 31.3. The Kier molecular flexibility index (Phi) is 6.89. The van der Waals surface area contributed by atoms with E-state index in [0.29, 0.717) is 40.0 Å². The van der Waals surface area contributed by atoms with Crippen molar-refractivity contribution in [2.45, 2.75) is 43.8 Å². The number of thiophene rings is 1. The number of ether oxygens (including phenoxy) is 2. The zero-order chi connectivity index (χ0) is 25.2. The fraction of sp³-hybridized carbons (Fsp3) is 0.321. The SMILES string of the molecule is O=C(CSc1nc2c(sc3ccccc32)c(=O)n1Cc1ccc2c(c1)OCO2)NCCC1=CCCCC1. The first kappa shape index (κ1) is 24.1. The summed E-state index contributed by atoms with van der Waals surface area (Å²) in [6.07, 6.45) is 7.99. The van der Waals surface area contributed by atoms with Crippen molar-refractivity contribution in [2.24, 2.45) is 0 Å². The van der Waals surface area contributed by atoms with E-state index in [9.17, 15) is 9.59 Å². The van der Waals surface area contributed by atoms with Gasteiger partial charge in [0.15, 0.2) is 16.7 Å². The van der Waals surface area contributed by atoms with Crippen LogP contribution in [0.2, 0.25) is 0 Å². The first-order valence-electron chi connectivity index (χ1n) is 12.5. The smallest absolute Gasteiger partial charge is 0.272 e. The van der Waals surface area contributed by atoms with E-state index in [4.69, 9.17) is 14.5 Å². The summed E-state index contributed by atoms with van der Waals surface area (Å²) < 4.78 is 14.3. The average Bonchev–Trinajstić information content (AvgIpc) is 3.54. The van der Waals surface area contributed by atoms with Crippen LogP contribution in [0.25, 0.3) is 20.3 Å². The van der Waals surface area contributed by atoms with Crippen molar-refractivity contribution in [2.75, 3.05) is 19.1 Å². The molecule has 4 aromatic rings. The molecule has 0 saturated carbocycles. The Morgan fingerprint density at radius 3 is 2.92 bits per heavy atom. The Bertz CT molecular complexity index is 1570. The lowest BCUT2D eigenvalue weighted by Gasteiger charge is -2.14. The van der Waals surface area contributed by atoms with E-state index in [2.05, 4.69) is 11.4 Å². The zero-order valence-electron chi connectivity index (χ0n) is 20.3. The maximum absolute atomic E-state index is 13.7. The lowest BCUT2D eigenvalue weighted by atomic mass is 9.97. The van der Waals surface area contributed by atoms with Gasteiger partial charge in [-0.25, -0.2) is 4.98 Å². The molecular weight excluding hydrogens is 506 g/mol. The number of nitrogens with one attached hydrogen (secondary N) is 1. The van der Waals surface area contributed by atoms with Crippen LogP contribution in [0.1, 0.15) is 37.7 Å². The average molecular weight is 534 g/mol. The molecule has 0 fully saturated rings. The second-order valence-corrected chi connectivity index (χ2v) is 11.2. The molecule has 2 aliphatic rings. The first-order valence-corrected chi connectivity index (χ1v) is 14.3. The van der Waals surface area contributed by atoms with Crippen LogP contribution in [0.15, 0.2) is 64.1 Å². The van der Waals surface area contributed by atoms with E-state index in [1.807, 2.05) is 42.5 Å². The van der Waals surface area contributed by atoms with Gasteiger partial charge >= 0.3 is 0 Å². The van der Waals surface area contributed by atoms with E-state index in [-0.39, 0.29) is 24.0 Å². The molecule has 0 radical (unpaired) electrons. The Balaban J connectivity index is 1.26. The van der Waals surface area contributed by atoms with Gasteiger partial charge in [-0.1, -0.05) is 47.7 Å². The van der Waals surface area contributed by atoms with Gasteiger partial charge in [0, 0.05) is 16.6 Å². The van der Waals surface area contributed by atoms with Crippen LogP contribution in [0.5, 0.6) is 11.5 Å². The highest BCUT2D eigenvalue weighted by molar-refractivity contribution is 7.99. The van der Waals surface area contributed by atoms with Crippen LogP contribution in [-0.4, -0.2) is 34.5 Å². The molecule has 2 aromatic carbocycles. The summed E-state index contributed by atoms with van der Waals surface area (Å²) in [6, 6.07) is 13.6. The summed E-state index contributed by atoms with van der Waals surface area (Å²) in [5, 5.41) is 4.52. The molecule has 0 atom stereocenters. The molecule has 1 aliphatic heterocycles. The van der Waals surface area contributed by atoms with Crippen molar-refractivity contribution in [3.63, 3.8) is 0 Å². The topological polar surface area (TPSA) is 82.5 Å². The minimum atomic E-state index is -0.101. The molecule has 0 saturated heterocycles. The number of fused-ring (bicyclic) bond motifs is 4. The monoisotopic (exact) mass is 533 g/mol. The third-order valence-corrected chi connectivity index (χ3v) is 8.83. The largest absolute Gasteiger partial charge is 0.454 e. The first-order chi connectivity index (χ1) is 18.2. The van der Waals surface area contributed by atoms with Gasteiger partial charge in [-0.15, -0.1) is 11.3 Å². The third kappa shape index (κ3) is 5.10. The molecular formula is C28H27N3O4S2. The second-order valence-electron chi connectivity index (χ2n) is 9.25. The van der Waals surface area contributed by atoms with Crippen molar-refractivity contribution >= 4 is 49.3 Å². The van der Waals surface area contributed by atoms with Crippen LogP contribution in [0, 0.1) is 0 Å². The second kappa shape index (κ2) is 10.6. The molecule has 6 rings (SSSR count). The standard InChI is InChI=1S/C28H27N3O4S2/c32-24(29-13-12-18-6-2-1-3-7-18)16-36-28-30-25-20-8-4-5-9-23(20)37-26(25)27(33)31(28)15-19-10-11-21-22(14-19)35-17-34-21/h4-6,8-11,14H,1-3,7,12-13,15-17H2,(H,29,32). The molecule has 0 unspecified atom stereocenters. The van der Waals surface area contributed by atoms with Gasteiger partial charge in [-0.3, -0.25) is 14.2 Å². The van der Waals surface area contributed by atoms with Crippen LogP contribution < -0.4 is 20.3 Å². The molecule has 0 spiro atoms. The number of benzene rings is 2. The zero-order valence-corrected chi connectivity index (χ0v) is 22.0. The molecule has 37 heavy (non-hydrogen) atoms. The lowest BCUT2D eigenvalue weighted by Crippen LogP contribution is -2.28. The number of rotatable bonds is 8. The number of hydrogen-bond donors (Lipinski definition) is 1. The number of carbonyl (C=O) groups is 1. The van der Waals surface area contributed by atoms with Crippen LogP contribution in [0.4, 0.5) is 0 Å². The number of hydrogen-bond acceptors (Lipinski definition) is 7. The van der Waals surface area contributed by atoms with E-state index in [0.717, 1.165) is 34.9 Å². The van der Waals surface area contributed by atoms with Gasteiger partial charge in [0.05, 0.1) is 17.8 Å². The predicted octanol–water partition coefficient (Wildman–Crippen LogP) is 5.49. The van der Waals surface area contributed by atoms with Gasteiger partial charge in [0.2, 0.25) is 12.7 Å². The molecule has 1 N–H and O–H groups in total. The van der Waals surface area contributed by atoms with Gasteiger partial charge in [-0.05, 0) is 55.9 Å². The Morgan fingerprint density at radius 2 is 2.03 bits per heavy atom. The van der Waals surface area contributed by atoms with E-state index in [1.54, 1.807) is 4.57 Å². The van der Waals surface area contributed by atoms with Crippen LogP contribution >= 0.6 is 23.1 Å². The molecule has 9 heteroatoms. The molecule has 190 valence electrons. The Labute approximate surface area is 222 Å². The Hall–Kier alpha value is -3.30. The number of allylic oxidation sites excluding steroid dienone is 1. The molecule has 1 aliphatic carbocycles. The van der Waals surface area contributed by atoms with E-state index < -0.39 is 0 Å². The summed E-state index contributed by atoms with van der Waals surface area (Å²) in [6.45, 7) is 1.16. The van der Waals surface area contributed by atoms with Crippen molar-refractivity contribution in [1.82, 2.24) is 14.9 Å². The van der Waals surface area contributed by atoms with Crippen molar-refractivity contribution in [3.8, 4) is 11.5 Å². The highest BCUT2D eigenvalue weighted by atomic mass is 32.2. The van der Waals surface area contributed by atoms with Gasteiger partial charge in [0.1, 0.15) is 4.70 Å². The highest BCUT2D eigenvalue weighted by Gasteiger charge is 2.19. The molecule has 1 amide bonds. The number of thioether (sulfide) groups is 1. The highest BCUT2D eigenvalue weighted by Crippen LogP contribution is 2.34. The van der Waals surface area contributed by atoms with Crippen LogP contribution in [0.3, 0.4) is 0 Å². The number of carbonyl (C=O) groups excluding carboxylic acids is 1. The van der Waals surface area contributed by atoms with E-state index >= 15 is 0 Å². The predicted molar refractivity (Wildman–Crippen MR) is 148 cm³/mol. The maximum Gasteiger partial charge on any atom is 0.272 e. The van der Waals surface area contributed by atoms with Crippen molar-refractivity contribution < 1.29 is 14.3 Å². The quantitative estimate of drug-likeness (QED) is 0.183. The van der Waals surface area contributed by atoms with Gasteiger partial charge in [-0.2, -0.15) is 0 Å². The van der Waals surface area contributed by atoms with Crippen LogP contribution in [-0.2, 0) is 11.3 Å².